The van der Waals surface area contributed by atoms with Gasteiger partial charge in [-0.05, 0) is 42.0 Å². The van der Waals surface area contributed by atoms with Gasteiger partial charge in [0.15, 0.2) is 5.82 Å². The van der Waals surface area contributed by atoms with Crippen LogP contribution in [0.5, 0.6) is 0 Å². The molecule has 7 heteroatoms. The first kappa shape index (κ1) is 18.3. The van der Waals surface area contributed by atoms with E-state index >= 15 is 0 Å². The number of nitrogens with zero attached hydrogens (tertiary/aromatic N) is 3. The van der Waals surface area contributed by atoms with E-state index < -0.39 is 0 Å². The summed E-state index contributed by atoms with van der Waals surface area (Å²) in [5.74, 6) is 1.28. The number of halogens is 1. The summed E-state index contributed by atoms with van der Waals surface area (Å²) in [7, 11) is 0. The molecule has 2 aromatic heterocycles. The van der Waals surface area contributed by atoms with E-state index in [0.29, 0.717) is 36.4 Å². The minimum atomic E-state index is 0.00926. The zero-order chi connectivity index (χ0) is 18.2. The molecule has 134 valence electrons. The number of hydrogen-bond acceptors (Lipinski definition) is 6. The van der Waals surface area contributed by atoms with E-state index in [1.165, 1.54) is 0 Å². The lowest BCUT2D eigenvalue weighted by Gasteiger charge is -2.10. The van der Waals surface area contributed by atoms with Crippen LogP contribution in [0.2, 0.25) is 5.02 Å². The fourth-order valence-corrected chi connectivity index (χ4v) is 2.55. The summed E-state index contributed by atoms with van der Waals surface area (Å²) in [6.45, 7) is 1.35. The number of ether oxygens (including phenoxy) is 1. The second-order valence-electron chi connectivity index (χ2n) is 5.47. The molecule has 0 saturated carbocycles. The smallest absolute Gasteiger partial charge is 0.154 e. The van der Waals surface area contributed by atoms with Crippen LogP contribution in [0.25, 0.3) is 23.1 Å². The number of aliphatic hydroxyl groups excluding tert-OH is 1. The predicted octanol–water partition coefficient (Wildman–Crippen LogP) is 3.27. The molecule has 0 aliphatic rings. The number of pyridine rings is 1. The van der Waals surface area contributed by atoms with Gasteiger partial charge < -0.3 is 15.2 Å². The summed E-state index contributed by atoms with van der Waals surface area (Å²) in [6, 6.07) is 9.35. The monoisotopic (exact) mass is 370 g/mol. The summed E-state index contributed by atoms with van der Waals surface area (Å²) < 4.78 is 5.27. The lowest BCUT2D eigenvalue weighted by Crippen LogP contribution is -2.13. The van der Waals surface area contributed by atoms with Crippen LogP contribution in [0.15, 0.2) is 42.7 Å². The van der Waals surface area contributed by atoms with Crippen LogP contribution in [0, 0.1) is 0 Å². The van der Waals surface area contributed by atoms with Gasteiger partial charge in [-0.2, -0.15) is 0 Å². The molecule has 0 bridgehead atoms. The maximum Gasteiger partial charge on any atom is 0.154 e. The Morgan fingerprint density at radius 1 is 1.15 bits per heavy atom. The summed E-state index contributed by atoms with van der Waals surface area (Å²) in [5.41, 5.74) is 1.77. The summed E-state index contributed by atoms with van der Waals surface area (Å²) >= 11 is 6.12. The first-order valence-electron chi connectivity index (χ1n) is 8.24. The van der Waals surface area contributed by atoms with Crippen molar-refractivity contribution < 1.29 is 9.84 Å². The molecule has 0 atom stereocenters. The molecule has 1 aromatic carbocycles. The van der Waals surface area contributed by atoms with E-state index in [0.717, 1.165) is 16.5 Å². The minimum absolute atomic E-state index is 0.00926. The highest BCUT2D eigenvalue weighted by Gasteiger charge is 2.07. The van der Waals surface area contributed by atoms with Gasteiger partial charge in [-0.1, -0.05) is 17.7 Å². The Morgan fingerprint density at radius 2 is 2.08 bits per heavy atom. The van der Waals surface area contributed by atoms with E-state index in [9.17, 15) is 0 Å². The molecule has 0 aliphatic heterocycles. The Hall–Kier alpha value is -2.54. The molecular formula is C19H19ClN4O2. The zero-order valence-corrected chi connectivity index (χ0v) is 14.9. The van der Waals surface area contributed by atoms with Crippen molar-refractivity contribution in [2.75, 3.05) is 31.7 Å². The first-order valence-corrected chi connectivity index (χ1v) is 8.62. The number of benzene rings is 1. The van der Waals surface area contributed by atoms with Gasteiger partial charge in [0.1, 0.15) is 5.82 Å². The third-order valence-electron chi connectivity index (χ3n) is 3.56. The zero-order valence-electron chi connectivity index (χ0n) is 14.1. The van der Waals surface area contributed by atoms with Gasteiger partial charge in [-0.15, -0.1) is 0 Å². The third-order valence-corrected chi connectivity index (χ3v) is 3.79. The molecule has 0 saturated heterocycles. The van der Waals surface area contributed by atoms with Crippen molar-refractivity contribution in [3.63, 3.8) is 0 Å². The highest BCUT2D eigenvalue weighted by molar-refractivity contribution is 6.31. The first-order chi connectivity index (χ1) is 12.8. The maximum absolute atomic E-state index is 8.75. The second-order valence-corrected chi connectivity index (χ2v) is 5.91. The molecular weight excluding hydrogens is 352 g/mol. The predicted molar refractivity (Wildman–Crippen MR) is 104 cm³/mol. The molecule has 3 aromatic rings. The molecule has 0 fully saturated rings. The van der Waals surface area contributed by atoms with Crippen LogP contribution in [0.4, 0.5) is 5.82 Å². The van der Waals surface area contributed by atoms with E-state index in [1.54, 1.807) is 18.5 Å². The Labute approximate surface area is 156 Å². The van der Waals surface area contributed by atoms with Gasteiger partial charge in [0.05, 0.1) is 25.3 Å². The fourth-order valence-electron chi connectivity index (χ4n) is 2.38. The average molecular weight is 371 g/mol. The van der Waals surface area contributed by atoms with Gasteiger partial charge in [0.25, 0.3) is 0 Å². The van der Waals surface area contributed by atoms with Crippen molar-refractivity contribution in [1.82, 2.24) is 15.0 Å². The van der Waals surface area contributed by atoms with Crippen molar-refractivity contribution in [3.8, 4) is 0 Å². The quantitative estimate of drug-likeness (QED) is 0.592. The topological polar surface area (TPSA) is 80.2 Å². The molecule has 0 amide bonds. The van der Waals surface area contributed by atoms with Crippen molar-refractivity contribution in [2.45, 2.75) is 0 Å². The molecule has 3 rings (SSSR count). The highest BCUT2D eigenvalue weighted by atomic mass is 35.5. The van der Waals surface area contributed by atoms with Gasteiger partial charge in [-0.25, -0.2) is 9.97 Å². The normalized spacial score (nSPS) is 11.3. The van der Waals surface area contributed by atoms with Crippen LogP contribution >= 0.6 is 11.6 Å². The van der Waals surface area contributed by atoms with E-state index in [2.05, 4.69) is 20.3 Å². The van der Waals surface area contributed by atoms with E-state index in [4.69, 9.17) is 21.4 Å². The van der Waals surface area contributed by atoms with Crippen molar-refractivity contribution >= 4 is 40.5 Å². The van der Waals surface area contributed by atoms with Crippen LogP contribution in [-0.4, -0.2) is 46.4 Å². The third kappa shape index (κ3) is 4.98. The van der Waals surface area contributed by atoms with Crippen molar-refractivity contribution in [2.24, 2.45) is 0 Å². The van der Waals surface area contributed by atoms with Gasteiger partial charge >= 0.3 is 0 Å². The molecule has 0 unspecified atom stereocenters. The molecule has 0 aliphatic carbocycles. The summed E-state index contributed by atoms with van der Waals surface area (Å²) in [5, 5.41) is 13.5. The molecule has 26 heavy (non-hydrogen) atoms. The Morgan fingerprint density at radius 3 is 2.88 bits per heavy atom. The maximum atomic E-state index is 8.75. The van der Waals surface area contributed by atoms with Gasteiger partial charge in [0.2, 0.25) is 0 Å². The summed E-state index contributed by atoms with van der Waals surface area (Å²) in [6.07, 6.45) is 7.26. The number of nitrogens with one attached hydrogen (secondary N) is 1. The molecule has 6 nitrogen and oxygen atoms in total. The Kier molecular flexibility index (Phi) is 6.49. The second kappa shape index (κ2) is 9.24. The molecule has 0 radical (unpaired) electrons. The molecule has 2 N–H and O–H groups in total. The number of rotatable bonds is 8. The Balaban J connectivity index is 1.85. The van der Waals surface area contributed by atoms with Crippen LogP contribution < -0.4 is 5.32 Å². The van der Waals surface area contributed by atoms with Gasteiger partial charge in [-0.3, -0.25) is 4.98 Å². The molecule has 0 spiro atoms. The lowest BCUT2D eigenvalue weighted by atomic mass is 10.2. The van der Waals surface area contributed by atoms with Crippen LogP contribution in [0.3, 0.4) is 0 Å². The largest absolute Gasteiger partial charge is 0.394 e. The Bertz CT molecular complexity index is 887. The number of fused-ring (bicyclic) bond motifs is 1. The van der Waals surface area contributed by atoms with Crippen molar-refractivity contribution in [1.29, 1.82) is 0 Å². The van der Waals surface area contributed by atoms with Crippen LogP contribution in [0.1, 0.15) is 11.4 Å². The van der Waals surface area contributed by atoms with E-state index in [1.807, 2.05) is 36.4 Å². The van der Waals surface area contributed by atoms with Crippen LogP contribution in [-0.2, 0) is 4.74 Å². The number of aliphatic hydroxyl groups is 1. The average Bonchev–Trinajstić information content (AvgIpc) is 2.67. The highest BCUT2D eigenvalue weighted by Crippen LogP contribution is 2.24. The van der Waals surface area contributed by atoms with E-state index in [-0.39, 0.29) is 6.61 Å². The fraction of sp³-hybridized carbons (Fsp3) is 0.211. The standard InChI is InChI=1S/C19H19ClN4O2/c20-15-4-5-17-16(12-15)19(22-8-10-26-11-9-25)24-18(23-17)6-3-14-2-1-7-21-13-14/h1-7,12-13,25H,8-11H2,(H,22,23,24)/b6-3+. The lowest BCUT2D eigenvalue weighted by molar-refractivity contribution is 0.0992. The number of aromatic nitrogens is 3. The minimum Gasteiger partial charge on any atom is -0.394 e. The van der Waals surface area contributed by atoms with Gasteiger partial charge in [0, 0.05) is 29.3 Å². The summed E-state index contributed by atoms with van der Waals surface area (Å²) in [4.78, 5) is 13.2. The number of anilines is 1. The van der Waals surface area contributed by atoms with Crippen molar-refractivity contribution in [3.05, 3.63) is 59.1 Å². The SMILES string of the molecule is OCCOCCNc1nc(/C=C/c2cccnc2)nc2ccc(Cl)cc12. The molecule has 2 heterocycles. The number of hydrogen-bond donors (Lipinski definition) is 2.